The first-order valence-electron chi connectivity index (χ1n) is 9.23. The van der Waals surface area contributed by atoms with Gasteiger partial charge in [0.05, 0.1) is 0 Å². The fourth-order valence-electron chi connectivity index (χ4n) is 5.35. The fourth-order valence-corrected chi connectivity index (χ4v) is 5.35. The molecule has 4 fully saturated rings. The molecule has 0 bridgehead atoms. The van der Waals surface area contributed by atoms with Crippen molar-refractivity contribution in [2.75, 3.05) is 13.2 Å². The molecule has 4 nitrogen and oxygen atoms in total. The van der Waals surface area contributed by atoms with Crippen LogP contribution in [0.15, 0.2) is 24.3 Å². The standard InChI is InChI=1S/C20H26O4/c1-13(19-7-3-5-15(19)11-19)17(21)23-9-10-24-18(22)14(2)20-8-4-6-16(20)12-20/h15-16H,1-12H2. The van der Waals surface area contributed by atoms with Gasteiger partial charge in [0.15, 0.2) is 0 Å². The van der Waals surface area contributed by atoms with Crippen LogP contribution in [0.25, 0.3) is 0 Å². The topological polar surface area (TPSA) is 52.6 Å². The first-order chi connectivity index (χ1) is 11.5. The minimum absolute atomic E-state index is 0.0324. The molecule has 0 saturated heterocycles. The number of carbonyl (C=O) groups is 2. The van der Waals surface area contributed by atoms with E-state index < -0.39 is 0 Å². The van der Waals surface area contributed by atoms with Crippen LogP contribution in [0.5, 0.6) is 0 Å². The van der Waals surface area contributed by atoms with Crippen molar-refractivity contribution in [2.45, 2.75) is 51.4 Å². The van der Waals surface area contributed by atoms with Crippen LogP contribution in [0.4, 0.5) is 0 Å². The van der Waals surface area contributed by atoms with Gasteiger partial charge < -0.3 is 9.47 Å². The third-order valence-corrected chi connectivity index (χ3v) is 7.06. The summed E-state index contributed by atoms with van der Waals surface area (Å²) in [6.07, 6.45) is 9.05. The first-order valence-corrected chi connectivity index (χ1v) is 9.23. The van der Waals surface area contributed by atoms with E-state index >= 15 is 0 Å². The van der Waals surface area contributed by atoms with Gasteiger partial charge in [-0.1, -0.05) is 26.0 Å². The molecule has 0 N–H and O–H groups in total. The van der Waals surface area contributed by atoms with E-state index in [0.29, 0.717) is 23.0 Å². The lowest BCUT2D eigenvalue weighted by Gasteiger charge is -2.16. The molecule has 0 aromatic carbocycles. The number of rotatable bonds is 7. The molecule has 0 aromatic rings. The Kier molecular flexibility index (Phi) is 3.63. The molecule has 0 amide bonds. The van der Waals surface area contributed by atoms with Gasteiger partial charge in [0.2, 0.25) is 0 Å². The third-order valence-electron chi connectivity index (χ3n) is 7.06. The first kappa shape index (κ1) is 15.9. The van der Waals surface area contributed by atoms with E-state index in [1.54, 1.807) is 0 Å². The van der Waals surface area contributed by atoms with Crippen molar-refractivity contribution in [1.82, 2.24) is 0 Å². The Morgan fingerprint density at radius 3 is 1.54 bits per heavy atom. The molecule has 0 spiro atoms. The second-order valence-corrected chi connectivity index (χ2v) is 8.13. The van der Waals surface area contributed by atoms with Gasteiger partial charge in [-0.25, -0.2) is 9.59 Å². The molecule has 4 unspecified atom stereocenters. The van der Waals surface area contributed by atoms with Crippen molar-refractivity contribution in [3.8, 4) is 0 Å². The molecule has 0 radical (unpaired) electrons. The molecule has 4 aliphatic carbocycles. The zero-order valence-electron chi connectivity index (χ0n) is 14.3. The minimum Gasteiger partial charge on any atom is -0.459 e. The Labute approximate surface area is 143 Å². The summed E-state index contributed by atoms with van der Waals surface area (Å²) in [5.74, 6) is 0.614. The number of hydrogen-bond donors (Lipinski definition) is 0. The lowest BCUT2D eigenvalue weighted by molar-refractivity contribution is -0.148. The lowest BCUT2D eigenvalue weighted by atomic mass is 9.94. The number of fused-ring (bicyclic) bond motifs is 2. The summed E-state index contributed by atoms with van der Waals surface area (Å²) in [7, 11) is 0. The normalized spacial score (nSPS) is 38.0. The average molecular weight is 330 g/mol. The predicted molar refractivity (Wildman–Crippen MR) is 89.0 cm³/mol. The third kappa shape index (κ3) is 2.34. The van der Waals surface area contributed by atoms with Gasteiger partial charge in [-0.3, -0.25) is 0 Å². The second-order valence-electron chi connectivity index (χ2n) is 8.13. The Morgan fingerprint density at radius 1 is 0.833 bits per heavy atom. The van der Waals surface area contributed by atoms with E-state index in [-0.39, 0.29) is 36.0 Å². The van der Waals surface area contributed by atoms with Crippen LogP contribution in [-0.2, 0) is 19.1 Å². The van der Waals surface area contributed by atoms with Crippen LogP contribution in [0.2, 0.25) is 0 Å². The number of hydrogen-bond acceptors (Lipinski definition) is 4. The van der Waals surface area contributed by atoms with E-state index in [4.69, 9.17) is 9.47 Å². The van der Waals surface area contributed by atoms with Crippen molar-refractivity contribution < 1.29 is 19.1 Å². The molecule has 4 heteroatoms. The van der Waals surface area contributed by atoms with Gasteiger partial charge in [0.25, 0.3) is 0 Å². The summed E-state index contributed by atoms with van der Waals surface area (Å²) in [5.41, 5.74) is 1.30. The zero-order valence-corrected chi connectivity index (χ0v) is 14.3. The quantitative estimate of drug-likeness (QED) is 0.407. The molecule has 4 atom stereocenters. The Hall–Kier alpha value is -1.58. The minimum atomic E-state index is -0.328. The van der Waals surface area contributed by atoms with Gasteiger partial charge >= 0.3 is 11.9 Å². The summed E-state index contributed by atoms with van der Waals surface area (Å²) >= 11 is 0. The van der Waals surface area contributed by atoms with Gasteiger partial charge in [-0.05, 0) is 50.4 Å². The second kappa shape index (κ2) is 5.47. The summed E-state index contributed by atoms with van der Waals surface area (Å²) in [5, 5.41) is 0. The maximum atomic E-state index is 12.1. The highest BCUT2D eigenvalue weighted by Gasteiger charge is 2.61. The molecular formula is C20H26O4. The van der Waals surface area contributed by atoms with Crippen LogP contribution >= 0.6 is 0 Å². The van der Waals surface area contributed by atoms with Crippen LogP contribution < -0.4 is 0 Å². The van der Waals surface area contributed by atoms with Crippen LogP contribution in [-0.4, -0.2) is 25.2 Å². The van der Waals surface area contributed by atoms with Gasteiger partial charge in [0.1, 0.15) is 13.2 Å². The highest BCUT2D eigenvalue weighted by molar-refractivity contribution is 5.91. The molecule has 0 aliphatic heterocycles. The van der Waals surface area contributed by atoms with Crippen molar-refractivity contribution >= 4 is 11.9 Å². The monoisotopic (exact) mass is 330 g/mol. The maximum absolute atomic E-state index is 12.1. The summed E-state index contributed by atoms with van der Waals surface area (Å²) in [6, 6.07) is 0. The van der Waals surface area contributed by atoms with E-state index in [1.807, 2.05) is 0 Å². The smallest absolute Gasteiger partial charge is 0.334 e. The lowest BCUT2D eigenvalue weighted by Crippen LogP contribution is -2.21. The van der Waals surface area contributed by atoms with Crippen molar-refractivity contribution in [1.29, 1.82) is 0 Å². The number of ether oxygens (including phenoxy) is 2. The summed E-state index contributed by atoms with van der Waals surface area (Å²) < 4.78 is 10.5. The van der Waals surface area contributed by atoms with E-state index in [2.05, 4.69) is 13.2 Å². The SMILES string of the molecule is C=C(C(=O)OCCOC(=O)C(=C)C12CCCC1C2)C12CCCC1C2. The zero-order chi connectivity index (χ0) is 16.9. The summed E-state index contributed by atoms with van der Waals surface area (Å²) in [4.78, 5) is 24.3. The Bertz CT molecular complexity index is 567. The van der Waals surface area contributed by atoms with Crippen molar-refractivity contribution in [2.24, 2.45) is 22.7 Å². The van der Waals surface area contributed by atoms with Crippen molar-refractivity contribution in [3.05, 3.63) is 24.3 Å². The molecule has 0 aromatic heterocycles. The highest BCUT2D eigenvalue weighted by atomic mass is 16.6. The molecule has 130 valence electrons. The predicted octanol–water partition coefficient (Wildman–Crippen LogP) is 3.57. The highest BCUT2D eigenvalue weighted by Crippen LogP contribution is 2.68. The van der Waals surface area contributed by atoms with Gasteiger partial charge in [-0.2, -0.15) is 0 Å². The maximum Gasteiger partial charge on any atom is 0.334 e. The van der Waals surface area contributed by atoms with Gasteiger partial charge in [-0.15, -0.1) is 0 Å². The van der Waals surface area contributed by atoms with E-state index in [0.717, 1.165) is 25.7 Å². The molecule has 4 rings (SSSR count). The van der Waals surface area contributed by atoms with Crippen LogP contribution in [0.1, 0.15) is 51.4 Å². The fraction of sp³-hybridized carbons (Fsp3) is 0.700. The largest absolute Gasteiger partial charge is 0.459 e. The average Bonchev–Trinajstić information content (AvgIpc) is 3.39. The van der Waals surface area contributed by atoms with Crippen LogP contribution in [0, 0.1) is 22.7 Å². The molecule has 4 aliphatic rings. The number of carbonyl (C=O) groups excluding carboxylic acids is 2. The van der Waals surface area contributed by atoms with E-state index in [1.165, 1.54) is 25.7 Å². The molecule has 4 saturated carbocycles. The van der Waals surface area contributed by atoms with Crippen molar-refractivity contribution in [3.63, 3.8) is 0 Å². The van der Waals surface area contributed by atoms with Gasteiger partial charge in [0, 0.05) is 22.0 Å². The molecule has 0 heterocycles. The number of esters is 2. The van der Waals surface area contributed by atoms with E-state index in [9.17, 15) is 9.59 Å². The Balaban J connectivity index is 1.18. The molecule has 24 heavy (non-hydrogen) atoms. The molecular weight excluding hydrogens is 304 g/mol. The van der Waals surface area contributed by atoms with Crippen LogP contribution in [0.3, 0.4) is 0 Å². The summed E-state index contributed by atoms with van der Waals surface area (Å²) in [6.45, 7) is 8.11. The Morgan fingerprint density at radius 2 is 1.25 bits per heavy atom.